The van der Waals surface area contributed by atoms with Crippen molar-refractivity contribution in [3.05, 3.63) is 100 Å². The minimum atomic E-state index is -0.0607. The number of benzene rings is 3. The maximum atomic E-state index is 13.4. The van der Waals surface area contributed by atoms with Crippen LogP contribution < -0.4 is 9.47 Å². The van der Waals surface area contributed by atoms with E-state index in [-0.39, 0.29) is 5.78 Å². The van der Waals surface area contributed by atoms with E-state index in [1.807, 2.05) is 50.5 Å². The van der Waals surface area contributed by atoms with Crippen LogP contribution in [-0.2, 0) is 20.0 Å². The number of rotatable bonds is 5. The van der Waals surface area contributed by atoms with Crippen LogP contribution in [0.5, 0.6) is 11.5 Å². The molecular formula is C30H28N2O3. The van der Waals surface area contributed by atoms with E-state index in [1.165, 1.54) is 5.56 Å². The second kappa shape index (κ2) is 8.75. The number of ketones is 1. The molecule has 0 saturated carbocycles. The van der Waals surface area contributed by atoms with Crippen molar-refractivity contribution in [2.24, 2.45) is 7.05 Å². The Kier molecular flexibility index (Phi) is 5.42. The van der Waals surface area contributed by atoms with Crippen LogP contribution in [-0.4, -0.2) is 28.5 Å². The minimum Gasteiger partial charge on any atom is -0.478 e. The van der Waals surface area contributed by atoms with E-state index in [4.69, 9.17) is 9.47 Å². The molecule has 3 aromatic carbocycles. The van der Waals surface area contributed by atoms with E-state index in [1.54, 1.807) is 0 Å². The SMILES string of the molecule is Cc1cc2c(c3c1C(=O)/C(=C/c1cn(C)c4ccccc14)O3)CN(CCCc1ccccc1)CO2. The predicted octanol–water partition coefficient (Wildman–Crippen LogP) is 5.89. The second-order valence-electron chi connectivity index (χ2n) is 9.44. The van der Waals surface area contributed by atoms with Crippen LogP contribution in [0.1, 0.15) is 39.0 Å². The summed E-state index contributed by atoms with van der Waals surface area (Å²) in [4.78, 5) is 15.7. The van der Waals surface area contributed by atoms with E-state index in [0.29, 0.717) is 30.3 Å². The minimum absolute atomic E-state index is 0.0607. The van der Waals surface area contributed by atoms with E-state index < -0.39 is 0 Å². The fraction of sp³-hybridized carbons (Fsp3) is 0.233. The lowest BCUT2D eigenvalue weighted by Crippen LogP contribution is -2.33. The number of carbonyl (C=O) groups is 1. The van der Waals surface area contributed by atoms with Gasteiger partial charge in [0.1, 0.15) is 18.2 Å². The van der Waals surface area contributed by atoms with Crippen LogP contribution in [0.4, 0.5) is 0 Å². The molecule has 5 heteroatoms. The van der Waals surface area contributed by atoms with Crippen LogP contribution in [0.15, 0.2) is 72.6 Å². The Bertz CT molecular complexity index is 1470. The molecule has 0 unspecified atom stereocenters. The molecule has 0 aliphatic carbocycles. The average Bonchev–Trinajstić information content (AvgIpc) is 3.37. The largest absolute Gasteiger partial charge is 0.478 e. The van der Waals surface area contributed by atoms with Crippen molar-refractivity contribution in [3.63, 3.8) is 0 Å². The van der Waals surface area contributed by atoms with Crippen molar-refractivity contribution in [3.8, 4) is 11.5 Å². The zero-order valence-corrected chi connectivity index (χ0v) is 20.1. The molecule has 1 aromatic heterocycles. The van der Waals surface area contributed by atoms with Gasteiger partial charge in [0.25, 0.3) is 0 Å². The van der Waals surface area contributed by atoms with Crippen molar-refractivity contribution in [1.29, 1.82) is 0 Å². The zero-order chi connectivity index (χ0) is 23.9. The average molecular weight is 465 g/mol. The molecule has 2 aliphatic heterocycles. The van der Waals surface area contributed by atoms with Gasteiger partial charge in [0.2, 0.25) is 5.78 Å². The summed E-state index contributed by atoms with van der Waals surface area (Å²) in [5.41, 5.74) is 5.96. The molecule has 0 N–H and O–H groups in total. The first kappa shape index (κ1) is 21.7. The van der Waals surface area contributed by atoms with Gasteiger partial charge in [0.15, 0.2) is 5.76 Å². The third kappa shape index (κ3) is 3.92. The molecule has 0 spiro atoms. The lowest BCUT2D eigenvalue weighted by molar-refractivity contribution is 0.0928. The molecule has 35 heavy (non-hydrogen) atoms. The van der Waals surface area contributed by atoms with Gasteiger partial charge in [-0.2, -0.15) is 0 Å². The number of carbonyl (C=O) groups excluding carboxylic acids is 1. The van der Waals surface area contributed by atoms with Crippen LogP contribution >= 0.6 is 0 Å². The zero-order valence-electron chi connectivity index (χ0n) is 20.1. The monoisotopic (exact) mass is 464 g/mol. The molecule has 0 amide bonds. The molecule has 5 nitrogen and oxygen atoms in total. The third-order valence-electron chi connectivity index (χ3n) is 6.98. The van der Waals surface area contributed by atoms with E-state index in [2.05, 4.69) is 45.9 Å². The first-order valence-electron chi connectivity index (χ1n) is 12.1. The molecule has 0 radical (unpaired) electrons. The molecule has 176 valence electrons. The summed E-state index contributed by atoms with van der Waals surface area (Å²) in [7, 11) is 2.01. The molecule has 0 atom stereocenters. The number of nitrogens with zero attached hydrogens (tertiary/aromatic N) is 2. The first-order valence-corrected chi connectivity index (χ1v) is 12.1. The van der Waals surface area contributed by atoms with E-state index in [0.717, 1.165) is 52.7 Å². The van der Waals surface area contributed by atoms with Crippen LogP contribution in [0.25, 0.3) is 17.0 Å². The van der Waals surface area contributed by atoms with Crippen molar-refractivity contribution in [2.45, 2.75) is 26.3 Å². The number of Topliss-reactive ketones (excluding diaryl/α,β-unsaturated/α-hetero) is 1. The van der Waals surface area contributed by atoms with Crippen molar-refractivity contribution in [1.82, 2.24) is 9.47 Å². The molecule has 2 aliphatic rings. The molecule has 6 rings (SSSR count). The molecular weight excluding hydrogens is 436 g/mol. The Labute approximate surface area is 205 Å². The fourth-order valence-electron chi connectivity index (χ4n) is 5.20. The Hall–Kier alpha value is -3.83. The topological polar surface area (TPSA) is 43.7 Å². The highest BCUT2D eigenvalue weighted by Gasteiger charge is 2.35. The van der Waals surface area contributed by atoms with Gasteiger partial charge in [-0.05, 0) is 49.1 Å². The summed E-state index contributed by atoms with van der Waals surface area (Å²) >= 11 is 0. The van der Waals surface area contributed by atoms with Gasteiger partial charge in [-0.15, -0.1) is 0 Å². The summed E-state index contributed by atoms with van der Waals surface area (Å²) in [6, 6.07) is 20.7. The summed E-state index contributed by atoms with van der Waals surface area (Å²) in [5.74, 6) is 1.78. The van der Waals surface area contributed by atoms with Crippen LogP contribution in [0.2, 0.25) is 0 Å². The lowest BCUT2D eigenvalue weighted by Gasteiger charge is -2.30. The first-order chi connectivity index (χ1) is 17.1. The molecule has 3 heterocycles. The van der Waals surface area contributed by atoms with Gasteiger partial charge in [-0.1, -0.05) is 48.5 Å². The van der Waals surface area contributed by atoms with E-state index in [9.17, 15) is 4.79 Å². The number of hydrogen-bond acceptors (Lipinski definition) is 4. The Morgan fingerprint density at radius 1 is 1.06 bits per heavy atom. The highest BCUT2D eigenvalue weighted by atomic mass is 16.5. The number of ether oxygens (including phenoxy) is 2. The normalized spacial score (nSPS) is 16.3. The van der Waals surface area contributed by atoms with Crippen molar-refractivity contribution < 1.29 is 14.3 Å². The number of fused-ring (bicyclic) bond motifs is 4. The summed E-state index contributed by atoms with van der Waals surface area (Å²) in [6.45, 7) is 4.13. The molecule has 0 fully saturated rings. The van der Waals surface area contributed by atoms with Crippen molar-refractivity contribution >= 4 is 22.8 Å². The summed E-state index contributed by atoms with van der Waals surface area (Å²) in [6.07, 6.45) is 5.99. The van der Waals surface area contributed by atoms with Gasteiger partial charge in [-0.25, -0.2) is 0 Å². The number of aromatic nitrogens is 1. The maximum absolute atomic E-state index is 13.4. The maximum Gasteiger partial charge on any atom is 0.232 e. The second-order valence-corrected chi connectivity index (χ2v) is 9.44. The van der Waals surface area contributed by atoms with Gasteiger partial charge in [0.05, 0.1) is 11.1 Å². The Morgan fingerprint density at radius 3 is 2.71 bits per heavy atom. The smallest absolute Gasteiger partial charge is 0.232 e. The van der Waals surface area contributed by atoms with Gasteiger partial charge < -0.3 is 14.0 Å². The Balaban J connectivity index is 1.26. The molecule has 0 bridgehead atoms. The standard InChI is InChI=1S/C30H28N2O3/c1-20-15-26-24(18-32(19-34-26)14-8-11-21-9-4-3-5-10-21)30-28(20)29(33)27(35-30)16-22-17-31(2)25-13-7-6-12-23(22)25/h3-7,9-10,12-13,15-17H,8,11,14,18-19H2,1-2H3/b27-16-. The van der Waals surface area contributed by atoms with Gasteiger partial charge in [0, 0.05) is 42.8 Å². The third-order valence-corrected chi connectivity index (χ3v) is 6.98. The number of para-hydroxylation sites is 1. The lowest BCUT2D eigenvalue weighted by atomic mass is 9.98. The van der Waals surface area contributed by atoms with Gasteiger partial charge in [-0.3, -0.25) is 9.69 Å². The number of aryl methyl sites for hydroxylation is 3. The predicted molar refractivity (Wildman–Crippen MR) is 138 cm³/mol. The van der Waals surface area contributed by atoms with Crippen LogP contribution in [0.3, 0.4) is 0 Å². The highest BCUT2D eigenvalue weighted by molar-refractivity contribution is 6.16. The summed E-state index contributed by atoms with van der Waals surface area (Å²) in [5, 5.41) is 1.10. The molecule has 4 aromatic rings. The fourth-order valence-corrected chi connectivity index (χ4v) is 5.20. The van der Waals surface area contributed by atoms with E-state index >= 15 is 0 Å². The summed E-state index contributed by atoms with van der Waals surface area (Å²) < 4.78 is 14.5. The number of allylic oxidation sites excluding steroid dienone is 1. The molecule has 0 saturated heterocycles. The highest BCUT2D eigenvalue weighted by Crippen LogP contribution is 2.44. The van der Waals surface area contributed by atoms with Gasteiger partial charge >= 0.3 is 0 Å². The van der Waals surface area contributed by atoms with Crippen molar-refractivity contribution in [2.75, 3.05) is 13.3 Å². The van der Waals surface area contributed by atoms with Crippen LogP contribution in [0, 0.1) is 6.92 Å². The Morgan fingerprint density at radius 2 is 1.86 bits per heavy atom. The number of hydrogen-bond donors (Lipinski definition) is 0. The quantitative estimate of drug-likeness (QED) is 0.346.